The molecule has 0 saturated carbocycles. The highest BCUT2D eigenvalue weighted by Gasteiger charge is 2.29. The van der Waals surface area contributed by atoms with Crippen LogP contribution in [0.3, 0.4) is 0 Å². The zero-order valence-corrected chi connectivity index (χ0v) is 59.2. The number of hydrogen-bond donors (Lipinski definition) is 4. The standard InChI is InChI=1S/C75H124O16P2/c1-4-7-10-13-16-19-22-25-28-31-32-33-34-35-36-39-41-43-46-49-52-55-58-61-73(78)85-64-70(76)65-87-92(81,82)88-66-71(77)67-89-93(83,84)90-69-72(91-75(80)63-60-57-54-51-48-45-42-38-30-27-24-21-18-15-12-9-6-3)68-86-74(79)62-59-56-53-50-47-44-40-37-29-26-23-20-17-14-11-8-5-2/h8-9,11-12,16-21,25-30,32-33,35-36,40,42,44-45,70-72,76-77H,4-7,10,13-15,22-24,31,34,37-39,41,43,46-69H2,1-3H3,(H,81,82)(H,83,84)/b11-8-,12-9-,19-16-,20-17-,21-18-,28-25-,29-26-,30-27-,33-32-,36-35-,44-40-,45-42-. The van der Waals surface area contributed by atoms with E-state index >= 15 is 0 Å². The minimum Gasteiger partial charge on any atom is -0.463 e. The summed E-state index contributed by atoms with van der Waals surface area (Å²) in [6.07, 6.45) is 80.3. The molecule has 0 fully saturated rings. The normalized spacial score (nSPS) is 15.0. The van der Waals surface area contributed by atoms with Crippen molar-refractivity contribution in [2.45, 2.75) is 270 Å². The Morgan fingerprint density at radius 1 is 0.312 bits per heavy atom. The number of hydrogen-bond acceptors (Lipinski definition) is 14. The second-order valence-electron chi connectivity index (χ2n) is 22.9. The summed E-state index contributed by atoms with van der Waals surface area (Å²) in [5.41, 5.74) is 0. The fourth-order valence-electron chi connectivity index (χ4n) is 8.71. The van der Waals surface area contributed by atoms with Crippen LogP contribution in [-0.4, -0.2) is 95.9 Å². The summed E-state index contributed by atoms with van der Waals surface area (Å²) in [4.78, 5) is 58.4. The fourth-order valence-corrected chi connectivity index (χ4v) is 10.3. The number of rotatable bonds is 65. The summed E-state index contributed by atoms with van der Waals surface area (Å²) < 4.78 is 60.9. The molecule has 0 heterocycles. The van der Waals surface area contributed by atoms with Gasteiger partial charge in [-0.05, 0) is 141 Å². The van der Waals surface area contributed by atoms with E-state index in [1.807, 2.05) is 0 Å². The third-order valence-corrected chi connectivity index (χ3v) is 15.9. The van der Waals surface area contributed by atoms with E-state index in [1.54, 1.807) is 0 Å². The average molecular weight is 1340 g/mol. The van der Waals surface area contributed by atoms with Crippen LogP contribution in [0.1, 0.15) is 252 Å². The average Bonchev–Trinajstić information content (AvgIpc) is 3.67. The van der Waals surface area contributed by atoms with E-state index in [2.05, 4.69) is 167 Å². The second-order valence-corrected chi connectivity index (χ2v) is 25.8. The first kappa shape index (κ1) is 88.4. The highest BCUT2D eigenvalue weighted by atomic mass is 31.2. The minimum atomic E-state index is -4.94. The number of phosphoric ester groups is 2. The van der Waals surface area contributed by atoms with E-state index in [4.69, 9.17) is 32.3 Å². The van der Waals surface area contributed by atoms with Gasteiger partial charge in [-0.15, -0.1) is 0 Å². The predicted octanol–water partition coefficient (Wildman–Crippen LogP) is 19.8. The van der Waals surface area contributed by atoms with E-state index in [-0.39, 0.29) is 19.3 Å². The maximum Gasteiger partial charge on any atom is 0.472 e. The van der Waals surface area contributed by atoms with Gasteiger partial charge in [-0.3, -0.25) is 32.5 Å². The maximum absolute atomic E-state index is 12.9. The first-order valence-electron chi connectivity index (χ1n) is 35.1. The number of allylic oxidation sites excluding steroid dienone is 24. The van der Waals surface area contributed by atoms with Crippen LogP contribution in [0.5, 0.6) is 0 Å². The van der Waals surface area contributed by atoms with Gasteiger partial charge in [-0.25, -0.2) is 9.13 Å². The molecule has 0 spiro atoms. The van der Waals surface area contributed by atoms with Crippen molar-refractivity contribution in [1.82, 2.24) is 0 Å². The molecule has 0 radical (unpaired) electrons. The molecule has 0 saturated heterocycles. The summed E-state index contributed by atoms with van der Waals surface area (Å²) in [5, 5.41) is 20.6. The lowest BCUT2D eigenvalue weighted by atomic mass is 10.1. The predicted molar refractivity (Wildman–Crippen MR) is 380 cm³/mol. The van der Waals surface area contributed by atoms with Crippen LogP contribution < -0.4 is 0 Å². The van der Waals surface area contributed by atoms with Gasteiger partial charge < -0.3 is 34.2 Å². The molecule has 18 heteroatoms. The van der Waals surface area contributed by atoms with Gasteiger partial charge in [-0.1, -0.05) is 237 Å². The van der Waals surface area contributed by atoms with Gasteiger partial charge in [0.15, 0.2) is 6.10 Å². The van der Waals surface area contributed by atoms with Crippen molar-refractivity contribution >= 4 is 33.6 Å². The number of ether oxygens (including phenoxy) is 3. The number of aliphatic hydroxyl groups is 2. The van der Waals surface area contributed by atoms with Crippen molar-refractivity contribution in [1.29, 1.82) is 0 Å². The molecule has 0 aliphatic carbocycles. The fraction of sp³-hybridized carbons (Fsp3) is 0.640. The highest BCUT2D eigenvalue weighted by Crippen LogP contribution is 2.45. The van der Waals surface area contributed by atoms with Crippen LogP contribution >= 0.6 is 15.6 Å². The topological polar surface area (TPSA) is 231 Å². The van der Waals surface area contributed by atoms with E-state index < -0.39 is 91.5 Å². The lowest BCUT2D eigenvalue weighted by Gasteiger charge is -2.21. The molecular weight excluding hydrogens is 1220 g/mol. The number of esters is 3. The van der Waals surface area contributed by atoms with E-state index in [0.29, 0.717) is 19.3 Å². The molecule has 93 heavy (non-hydrogen) atoms. The van der Waals surface area contributed by atoms with Gasteiger partial charge >= 0.3 is 33.6 Å². The van der Waals surface area contributed by atoms with Crippen LogP contribution in [-0.2, 0) is 55.8 Å². The number of carbonyl (C=O) groups excluding carboxylic acids is 3. The zero-order valence-electron chi connectivity index (χ0n) is 57.4. The van der Waals surface area contributed by atoms with E-state index in [9.17, 15) is 43.5 Å². The Morgan fingerprint density at radius 3 is 0.903 bits per heavy atom. The molecule has 16 nitrogen and oxygen atoms in total. The van der Waals surface area contributed by atoms with Crippen molar-refractivity contribution < 1.29 is 75.8 Å². The third-order valence-electron chi connectivity index (χ3n) is 14.0. The Balaban J connectivity index is 4.70. The summed E-state index contributed by atoms with van der Waals surface area (Å²) in [6, 6.07) is 0. The number of unbranched alkanes of at least 4 members (excludes halogenated alkanes) is 18. The van der Waals surface area contributed by atoms with Crippen molar-refractivity contribution in [2.24, 2.45) is 0 Å². The van der Waals surface area contributed by atoms with Crippen molar-refractivity contribution in [2.75, 3.05) is 39.6 Å². The molecule has 0 amide bonds. The van der Waals surface area contributed by atoms with Gasteiger partial charge in [0, 0.05) is 19.3 Å². The molecule has 530 valence electrons. The Hall–Kier alpha value is -4.57. The minimum absolute atomic E-state index is 0.0653. The van der Waals surface area contributed by atoms with Gasteiger partial charge in [0.2, 0.25) is 0 Å². The SMILES string of the molecule is CC/C=C\C/C=C\C/C=C\C/C=C\CCCCCCC(=O)OCC(COP(=O)(O)OCC(O)COP(=O)(O)OCC(O)COC(=O)CCCCCCCCC/C=C\C/C=C\C/C=C\C/C=C\CCCCC)OC(=O)CCCCCC/C=C\C/C=C\C/C=C\C/C=C\CC. The van der Waals surface area contributed by atoms with Crippen LogP contribution in [0.4, 0.5) is 0 Å². The van der Waals surface area contributed by atoms with Crippen molar-refractivity contribution in [3.63, 3.8) is 0 Å². The first-order valence-corrected chi connectivity index (χ1v) is 38.1. The summed E-state index contributed by atoms with van der Waals surface area (Å²) in [5.74, 6) is -1.65. The molecule has 5 atom stereocenters. The van der Waals surface area contributed by atoms with Gasteiger partial charge in [-0.2, -0.15) is 0 Å². The molecule has 0 aromatic heterocycles. The maximum atomic E-state index is 12.9. The monoisotopic (exact) mass is 1340 g/mol. The Labute approximate surface area is 562 Å². The molecule has 0 aromatic rings. The quantitative estimate of drug-likeness (QED) is 0.0146. The molecule has 0 aliphatic rings. The molecule has 5 unspecified atom stereocenters. The molecule has 0 aromatic carbocycles. The van der Waals surface area contributed by atoms with E-state index in [0.717, 1.165) is 167 Å². The first-order chi connectivity index (χ1) is 45.2. The Morgan fingerprint density at radius 2 is 0.570 bits per heavy atom. The molecular formula is C75H124O16P2. The molecule has 0 rings (SSSR count). The van der Waals surface area contributed by atoms with Gasteiger partial charge in [0.25, 0.3) is 0 Å². The molecule has 0 aliphatic heterocycles. The number of aliphatic hydroxyl groups excluding tert-OH is 2. The highest BCUT2D eigenvalue weighted by molar-refractivity contribution is 7.47. The van der Waals surface area contributed by atoms with Crippen LogP contribution in [0.2, 0.25) is 0 Å². The van der Waals surface area contributed by atoms with Crippen LogP contribution in [0.25, 0.3) is 0 Å². The molecule has 4 N–H and O–H groups in total. The smallest absolute Gasteiger partial charge is 0.463 e. The van der Waals surface area contributed by atoms with Crippen molar-refractivity contribution in [3.05, 3.63) is 146 Å². The zero-order chi connectivity index (χ0) is 68.1. The lowest BCUT2D eigenvalue weighted by molar-refractivity contribution is -0.161. The third kappa shape index (κ3) is 68.6. The summed E-state index contributed by atoms with van der Waals surface area (Å²) in [7, 11) is -9.81. The largest absolute Gasteiger partial charge is 0.472 e. The van der Waals surface area contributed by atoms with Crippen LogP contribution in [0, 0.1) is 0 Å². The van der Waals surface area contributed by atoms with Gasteiger partial charge in [0.1, 0.15) is 25.4 Å². The lowest BCUT2D eigenvalue weighted by Crippen LogP contribution is -2.30. The number of carbonyl (C=O) groups is 3. The Bertz CT molecular complexity index is 2280. The summed E-state index contributed by atoms with van der Waals surface area (Å²) >= 11 is 0. The van der Waals surface area contributed by atoms with Crippen molar-refractivity contribution in [3.8, 4) is 0 Å². The van der Waals surface area contributed by atoms with Gasteiger partial charge in [0.05, 0.1) is 26.4 Å². The summed E-state index contributed by atoms with van der Waals surface area (Å²) in [6.45, 7) is 2.32. The Kier molecular flexibility index (Phi) is 64.1. The molecule has 0 bridgehead atoms. The van der Waals surface area contributed by atoms with E-state index in [1.165, 1.54) is 25.7 Å². The second kappa shape index (κ2) is 67.4. The number of phosphoric acid groups is 2. The van der Waals surface area contributed by atoms with Crippen LogP contribution in [0.15, 0.2) is 146 Å².